The third-order valence-corrected chi connectivity index (χ3v) is 7.33. The van der Waals surface area contributed by atoms with Crippen LogP contribution in [0.3, 0.4) is 0 Å². The van der Waals surface area contributed by atoms with Crippen LogP contribution in [0.15, 0.2) is 43.8 Å². The average molecular weight is 466 g/mol. The Hall–Kier alpha value is -2.06. The SMILES string of the molecule is Cc1ccc2oc(C(=O)N(Cc3ccc(Br)o3)C3CCS(=O)(=O)C3)c(C)c2c1. The summed E-state index contributed by atoms with van der Waals surface area (Å²) in [7, 11) is -3.15. The van der Waals surface area contributed by atoms with Gasteiger partial charge in [-0.15, -0.1) is 0 Å². The van der Waals surface area contributed by atoms with Crippen LogP contribution in [-0.4, -0.2) is 36.8 Å². The summed E-state index contributed by atoms with van der Waals surface area (Å²) in [6, 6.07) is 8.87. The summed E-state index contributed by atoms with van der Waals surface area (Å²) < 4.78 is 36.0. The van der Waals surface area contributed by atoms with Crippen LogP contribution in [0.5, 0.6) is 0 Å². The lowest BCUT2D eigenvalue weighted by molar-refractivity contribution is 0.0634. The van der Waals surface area contributed by atoms with E-state index in [1.54, 1.807) is 17.0 Å². The molecule has 3 heterocycles. The third-order valence-electron chi connectivity index (χ3n) is 5.15. The lowest BCUT2D eigenvalue weighted by Crippen LogP contribution is -2.40. The molecule has 0 aliphatic carbocycles. The molecule has 1 unspecified atom stereocenters. The summed E-state index contributed by atoms with van der Waals surface area (Å²) in [5.41, 5.74) is 2.48. The number of sulfone groups is 1. The molecule has 0 spiro atoms. The number of carbonyl (C=O) groups excluding carboxylic acids is 1. The molecule has 1 atom stereocenters. The highest BCUT2D eigenvalue weighted by atomic mass is 79.9. The fraction of sp³-hybridized carbons (Fsp3) is 0.350. The van der Waals surface area contributed by atoms with Crippen LogP contribution in [0.1, 0.15) is 33.9 Å². The van der Waals surface area contributed by atoms with Crippen molar-refractivity contribution in [2.75, 3.05) is 11.5 Å². The maximum absolute atomic E-state index is 13.4. The van der Waals surface area contributed by atoms with Gasteiger partial charge < -0.3 is 13.7 Å². The van der Waals surface area contributed by atoms with Crippen molar-refractivity contribution in [2.45, 2.75) is 32.9 Å². The number of hydrogen-bond acceptors (Lipinski definition) is 5. The highest BCUT2D eigenvalue weighted by Gasteiger charge is 2.37. The number of furan rings is 2. The van der Waals surface area contributed by atoms with Crippen LogP contribution in [0.25, 0.3) is 11.0 Å². The molecule has 1 fully saturated rings. The predicted octanol–water partition coefficient (Wildman–Crippen LogP) is 4.23. The van der Waals surface area contributed by atoms with Gasteiger partial charge in [0.05, 0.1) is 18.1 Å². The summed E-state index contributed by atoms with van der Waals surface area (Å²) in [5.74, 6) is 0.547. The zero-order valence-corrected chi connectivity index (χ0v) is 18.0. The van der Waals surface area contributed by atoms with E-state index in [1.165, 1.54) is 0 Å². The quantitative estimate of drug-likeness (QED) is 0.575. The van der Waals surface area contributed by atoms with Gasteiger partial charge in [-0.3, -0.25) is 4.79 Å². The van der Waals surface area contributed by atoms with E-state index in [4.69, 9.17) is 8.83 Å². The number of fused-ring (bicyclic) bond motifs is 1. The first-order valence-electron chi connectivity index (χ1n) is 8.99. The smallest absolute Gasteiger partial charge is 0.290 e. The first-order valence-corrected chi connectivity index (χ1v) is 11.6. The molecule has 0 N–H and O–H groups in total. The van der Waals surface area contributed by atoms with Gasteiger partial charge in [0.1, 0.15) is 11.3 Å². The molecule has 1 aliphatic heterocycles. The highest BCUT2D eigenvalue weighted by molar-refractivity contribution is 9.10. The van der Waals surface area contributed by atoms with Gasteiger partial charge in [0.15, 0.2) is 20.3 Å². The summed E-state index contributed by atoms with van der Waals surface area (Å²) in [6.07, 6.45) is 0.411. The van der Waals surface area contributed by atoms with E-state index >= 15 is 0 Å². The van der Waals surface area contributed by atoms with Crippen LogP contribution in [-0.2, 0) is 16.4 Å². The lowest BCUT2D eigenvalue weighted by atomic mass is 10.1. The molecule has 6 nitrogen and oxygen atoms in total. The summed E-state index contributed by atoms with van der Waals surface area (Å²) in [5, 5.41) is 0.892. The fourth-order valence-electron chi connectivity index (χ4n) is 3.66. The van der Waals surface area contributed by atoms with Crippen molar-refractivity contribution in [2.24, 2.45) is 0 Å². The van der Waals surface area contributed by atoms with E-state index in [9.17, 15) is 13.2 Å². The molecule has 0 saturated carbocycles. The van der Waals surface area contributed by atoms with Crippen molar-refractivity contribution >= 4 is 42.6 Å². The second-order valence-corrected chi connectivity index (χ2v) is 10.3. The predicted molar refractivity (Wildman–Crippen MR) is 109 cm³/mol. The van der Waals surface area contributed by atoms with Gasteiger partial charge >= 0.3 is 0 Å². The zero-order chi connectivity index (χ0) is 20.1. The maximum Gasteiger partial charge on any atom is 0.290 e. The van der Waals surface area contributed by atoms with Crippen LogP contribution in [0.2, 0.25) is 0 Å². The Labute approximate surface area is 171 Å². The molecule has 0 bridgehead atoms. The third kappa shape index (κ3) is 3.63. The largest absolute Gasteiger partial charge is 0.452 e. The molecule has 1 amide bonds. The van der Waals surface area contributed by atoms with Crippen LogP contribution in [0, 0.1) is 13.8 Å². The molecule has 148 valence electrons. The Kier molecular flexibility index (Phi) is 4.87. The van der Waals surface area contributed by atoms with E-state index in [-0.39, 0.29) is 29.7 Å². The minimum atomic E-state index is -3.15. The Morgan fingerprint density at radius 3 is 2.64 bits per heavy atom. The first-order chi connectivity index (χ1) is 13.2. The van der Waals surface area contributed by atoms with Gasteiger partial charge in [0.25, 0.3) is 5.91 Å². The number of benzene rings is 1. The van der Waals surface area contributed by atoms with E-state index < -0.39 is 15.9 Å². The molecule has 1 aromatic carbocycles. The Morgan fingerprint density at radius 1 is 1.21 bits per heavy atom. The van der Waals surface area contributed by atoms with Crippen molar-refractivity contribution in [3.63, 3.8) is 0 Å². The summed E-state index contributed by atoms with van der Waals surface area (Å²) in [4.78, 5) is 15.0. The van der Waals surface area contributed by atoms with E-state index in [2.05, 4.69) is 15.9 Å². The van der Waals surface area contributed by atoms with Crippen molar-refractivity contribution < 1.29 is 22.0 Å². The van der Waals surface area contributed by atoms with Gasteiger partial charge in [0, 0.05) is 17.0 Å². The van der Waals surface area contributed by atoms with Gasteiger partial charge in [0.2, 0.25) is 0 Å². The van der Waals surface area contributed by atoms with Crippen molar-refractivity contribution in [3.05, 3.63) is 57.6 Å². The number of nitrogens with zero attached hydrogens (tertiary/aromatic N) is 1. The summed E-state index contributed by atoms with van der Waals surface area (Å²) >= 11 is 3.26. The molecular formula is C20H20BrNO5S. The lowest BCUT2D eigenvalue weighted by Gasteiger charge is -2.26. The average Bonchev–Trinajstić information content (AvgIpc) is 3.30. The number of rotatable bonds is 4. The minimum Gasteiger partial charge on any atom is -0.452 e. The van der Waals surface area contributed by atoms with Crippen molar-refractivity contribution in [1.82, 2.24) is 4.90 Å². The van der Waals surface area contributed by atoms with E-state index in [0.717, 1.165) is 16.5 Å². The number of halogens is 1. The van der Waals surface area contributed by atoms with Crippen LogP contribution >= 0.6 is 15.9 Å². The van der Waals surface area contributed by atoms with Crippen molar-refractivity contribution in [3.8, 4) is 0 Å². The molecule has 3 aromatic rings. The number of aryl methyl sites for hydroxylation is 2. The normalized spacial score (nSPS) is 18.6. The Bertz CT molecular complexity index is 1160. The molecule has 28 heavy (non-hydrogen) atoms. The second-order valence-electron chi connectivity index (χ2n) is 7.25. The zero-order valence-electron chi connectivity index (χ0n) is 15.6. The molecular weight excluding hydrogens is 446 g/mol. The standard InChI is InChI=1S/C20H20BrNO5S/c1-12-3-5-17-16(9-12)13(2)19(27-17)20(23)22(10-15-4-6-18(21)26-15)14-7-8-28(24,25)11-14/h3-6,9,14H,7-8,10-11H2,1-2H3. The fourth-order valence-corrected chi connectivity index (χ4v) is 5.73. The van der Waals surface area contributed by atoms with Gasteiger partial charge in [-0.1, -0.05) is 11.6 Å². The van der Waals surface area contributed by atoms with E-state index in [0.29, 0.717) is 22.4 Å². The summed E-state index contributed by atoms with van der Waals surface area (Å²) in [6.45, 7) is 4.02. The molecule has 0 radical (unpaired) electrons. The van der Waals surface area contributed by atoms with Crippen LogP contribution in [0.4, 0.5) is 0 Å². The molecule has 1 saturated heterocycles. The maximum atomic E-state index is 13.4. The Morgan fingerprint density at radius 2 is 2.00 bits per heavy atom. The Balaban J connectivity index is 1.73. The van der Waals surface area contributed by atoms with Gasteiger partial charge in [-0.2, -0.15) is 0 Å². The van der Waals surface area contributed by atoms with Gasteiger partial charge in [-0.05, 0) is 60.5 Å². The number of hydrogen-bond donors (Lipinski definition) is 0. The van der Waals surface area contributed by atoms with Gasteiger partial charge in [-0.25, -0.2) is 8.42 Å². The topological polar surface area (TPSA) is 80.7 Å². The second kappa shape index (κ2) is 7.08. The molecule has 4 rings (SSSR count). The highest BCUT2D eigenvalue weighted by Crippen LogP contribution is 2.30. The van der Waals surface area contributed by atoms with Crippen LogP contribution < -0.4 is 0 Å². The first kappa shape index (κ1) is 19.3. The van der Waals surface area contributed by atoms with E-state index in [1.807, 2.05) is 32.0 Å². The monoisotopic (exact) mass is 465 g/mol. The number of amides is 1. The number of carbonyl (C=O) groups is 1. The molecule has 1 aliphatic rings. The molecule has 2 aromatic heterocycles. The van der Waals surface area contributed by atoms with Crippen molar-refractivity contribution in [1.29, 1.82) is 0 Å². The minimum absolute atomic E-state index is 0.0427. The molecule has 8 heteroatoms.